The van der Waals surface area contributed by atoms with Gasteiger partial charge in [0, 0.05) is 16.5 Å². The Morgan fingerprint density at radius 3 is 2.19 bits per heavy atom. The van der Waals surface area contributed by atoms with Crippen LogP contribution in [0.5, 0.6) is 0 Å². The maximum atomic E-state index is 13.4. The summed E-state index contributed by atoms with van der Waals surface area (Å²) < 4.78 is 5.65. The van der Waals surface area contributed by atoms with Gasteiger partial charge in [-0.3, -0.25) is 19.3 Å². The number of amides is 2. The number of ketones is 1. The molecule has 0 radical (unpaired) electrons. The van der Waals surface area contributed by atoms with Crippen molar-refractivity contribution in [1.29, 1.82) is 0 Å². The monoisotopic (exact) mass is 558 g/mol. The van der Waals surface area contributed by atoms with E-state index in [1.807, 2.05) is 49.4 Å². The molecule has 1 saturated heterocycles. The van der Waals surface area contributed by atoms with Gasteiger partial charge >= 0.3 is 5.97 Å². The molecule has 5 atom stereocenters. The number of nitrogens with zero attached hydrogens (tertiary/aromatic N) is 2. The zero-order valence-electron chi connectivity index (χ0n) is 23.4. The Balaban J connectivity index is 1.16. The zero-order chi connectivity index (χ0) is 29.1. The van der Waals surface area contributed by atoms with Gasteiger partial charge in [-0.1, -0.05) is 60.2 Å². The molecule has 2 bridgehead atoms. The summed E-state index contributed by atoms with van der Waals surface area (Å²) in [5.74, 6) is -0.735. The summed E-state index contributed by atoms with van der Waals surface area (Å²) in [6.07, 6.45) is 2.10. The number of anilines is 1. The number of benzene rings is 3. The maximum absolute atomic E-state index is 13.4. The number of rotatable bonds is 6. The van der Waals surface area contributed by atoms with E-state index in [1.165, 1.54) is 4.90 Å². The van der Waals surface area contributed by atoms with Crippen LogP contribution in [-0.4, -0.2) is 34.7 Å². The number of pyridine rings is 1. The van der Waals surface area contributed by atoms with Gasteiger partial charge < -0.3 is 4.74 Å². The molecule has 1 aromatic heterocycles. The normalized spacial score (nSPS) is 23.3. The fourth-order valence-corrected chi connectivity index (χ4v) is 7.17. The lowest BCUT2D eigenvalue weighted by Gasteiger charge is -2.19. The number of carbonyl (C=O) groups excluding carboxylic acids is 4. The van der Waals surface area contributed by atoms with E-state index in [1.54, 1.807) is 43.3 Å². The van der Waals surface area contributed by atoms with Crippen LogP contribution in [0, 0.1) is 30.6 Å². The van der Waals surface area contributed by atoms with E-state index in [0.29, 0.717) is 45.2 Å². The van der Waals surface area contributed by atoms with Crippen LogP contribution in [0.2, 0.25) is 0 Å². The summed E-state index contributed by atoms with van der Waals surface area (Å²) >= 11 is 0. The number of hydrogen-bond donors (Lipinski definition) is 0. The van der Waals surface area contributed by atoms with Crippen molar-refractivity contribution in [3.63, 3.8) is 0 Å². The molecule has 7 heteroatoms. The topological polar surface area (TPSA) is 93.6 Å². The lowest BCUT2D eigenvalue weighted by molar-refractivity contribution is -0.123. The van der Waals surface area contributed by atoms with E-state index in [-0.39, 0.29) is 29.4 Å². The third-order valence-electron chi connectivity index (χ3n) is 9.27. The number of para-hydroxylation sites is 1. The third-order valence-corrected chi connectivity index (χ3v) is 9.27. The smallest absolute Gasteiger partial charge is 0.339 e. The SMILES string of the molecule is Cc1ccc(C(=O)[C@H](C)OC(=O)c2cc(-c3ccc(N4C(=O)[C@H]5[C@@H]6CC[C@@H](C6)[C@@H]5C4=O)cc3)nc3ccccc23)cc1. The Hall–Kier alpha value is -4.65. The Morgan fingerprint density at radius 2 is 1.52 bits per heavy atom. The van der Waals surface area contributed by atoms with Crippen molar-refractivity contribution in [2.45, 2.75) is 39.2 Å². The Bertz CT molecular complexity index is 1730. The molecule has 4 aromatic rings. The number of ether oxygens (including phenoxy) is 1. The molecule has 2 heterocycles. The minimum Gasteiger partial charge on any atom is -0.451 e. The first-order chi connectivity index (χ1) is 20.3. The quantitative estimate of drug-likeness (QED) is 0.160. The lowest BCUT2D eigenvalue weighted by Crippen LogP contribution is -2.32. The van der Waals surface area contributed by atoms with Crippen LogP contribution in [0.4, 0.5) is 5.69 Å². The highest BCUT2D eigenvalue weighted by Gasteiger charge is 2.61. The van der Waals surface area contributed by atoms with Crippen molar-refractivity contribution in [1.82, 2.24) is 4.98 Å². The molecule has 42 heavy (non-hydrogen) atoms. The first kappa shape index (κ1) is 26.3. The molecule has 210 valence electrons. The average molecular weight is 559 g/mol. The van der Waals surface area contributed by atoms with E-state index < -0.39 is 12.1 Å². The van der Waals surface area contributed by atoms with Gasteiger partial charge in [-0.05, 0) is 69.2 Å². The predicted molar refractivity (Wildman–Crippen MR) is 158 cm³/mol. The van der Waals surface area contributed by atoms with E-state index in [4.69, 9.17) is 9.72 Å². The van der Waals surface area contributed by atoms with Gasteiger partial charge in [-0.25, -0.2) is 9.78 Å². The first-order valence-electron chi connectivity index (χ1n) is 14.5. The fourth-order valence-electron chi connectivity index (χ4n) is 7.17. The number of aromatic nitrogens is 1. The highest BCUT2D eigenvalue weighted by Crippen LogP contribution is 2.56. The molecular formula is C35H30N2O5. The lowest BCUT2D eigenvalue weighted by atomic mass is 9.81. The molecular weight excluding hydrogens is 528 g/mol. The van der Waals surface area contributed by atoms with Crippen LogP contribution in [0.15, 0.2) is 78.9 Å². The minimum atomic E-state index is -0.972. The summed E-state index contributed by atoms with van der Waals surface area (Å²) in [6.45, 7) is 3.51. The van der Waals surface area contributed by atoms with Crippen LogP contribution < -0.4 is 4.90 Å². The second-order valence-corrected chi connectivity index (χ2v) is 11.8. The largest absolute Gasteiger partial charge is 0.451 e. The van der Waals surface area contributed by atoms with Crippen LogP contribution in [-0.2, 0) is 14.3 Å². The number of fused-ring (bicyclic) bond motifs is 6. The van der Waals surface area contributed by atoms with Gasteiger partial charge in [0.2, 0.25) is 17.6 Å². The van der Waals surface area contributed by atoms with Crippen LogP contribution in [0.1, 0.15) is 52.5 Å². The van der Waals surface area contributed by atoms with Crippen molar-refractivity contribution < 1.29 is 23.9 Å². The first-order valence-corrected chi connectivity index (χ1v) is 14.5. The van der Waals surface area contributed by atoms with Gasteiger partial charge in [0.05, 0.1) is 34.3 Å². The number of aryl methyl sites for hydroxylation is 1. The second-order valence-electron chi connectivity index (χ2n) is 11.8. The number of carbonyl (C=O) groups is 4. The van der Waals surface area contributed by atoms with Gasteiger partial charge in [0.15, 0.2) is 6.10 Å². The van der Waals surface area contributed by atoms with Gasteiger partial charge in [-0.15, -0.1) is 0 Å². The van der Waals surface area contributed by atoms with E-state index >= 15 is 0 Å². The highest BCUT2D eigenvalue weighted by atomic mass is 16.5. The number of esters is 1. The van der Waals surface area contributed by atoms with Crippen molar-refractivity contribution in [2.24, 2.45) is 23.7 Å². The zero-order valence-corrected chi connectivity index (χ0v) is 23.4. The molecule has 3 fully saturated rings. The average Bonchev–Trinajstić information content (AvgIpc) is 3.70. The molecule has 3 aliphatic rings. The van der Waals surface area contributed by atoms with Crippen molar-refractivity contribution in [2.75, 3.05) is 4.90 Å². The third kappa shape index (κ3) is 4.23. The van der Waals surface area contributed by atoms with Crippen molar-refractivity contribution in [3.05, 3.63) is 95.6 Å². The van der Waals surface area contributed by atoms with Crippen LogP contribution >= 0.6 is 0 Å². The Labute approximate surface area is 243 Å². The summed E-state index contributed by atoms with van der Waals surface area (Å²) in [7, 11) is 0. The van der Waals surface area contributed by atoms with Gasteiger partial charge in [-0.2, -0.15) is 0 Å². The summed E-state index contributed by atoms with van der Waals surface area (Å²) in [5.41, 5.74) is 4.25. The molecule has 0 unspecified atom stereocenters. The summed E-state index contributed by atoms with van der Waals surface area (Å²) in [4.78, 5) is 59.0. The molecule has 2 saturated carbocycles. The molecule has 1 aliphatic heterocycles. The van der Waals surface area contributed by atoms with Gasteiger partial charge in [0.25, 0.3) is 0 Å². The van der Waals surface area contributed by atoms with E-state index in [9.17, 15) is 19.2 Å². The highest BCUT2D eigenvalue weighted by molar-refractivity contribution is 6.22. The minimum absolute atomic E-state index is 0.0758. The maximum Gasteiger partial charge on any atom is 0.339 e. The number of hydrogen-bond acceptors (Lipinski definition) is 6. The van der Waals surface area contributed by atoms with Crippen LogP contribution in [0.3, 0.4) is 0 Å². The molecule has 7 nitrogen and oxygen atoms in total. The molecule has 3 aromatic carbocycles. The second kappa shape index (κ2) is 10.0. The van der Waals surface area contributed by atoms with E-state index in [0.717, 1.165) is 30.4 Å². The summed E-state index contributed by atoms with van der Waals surface area (Å²) in [5, 5.41) is 0.618. The number of imide groups is 1. The van der Waals surface area contributed by atoms with Crippen LogP contribution in [0.25, 0.3) is 22.2 Å². The van der Waals surface area contributed by atoms with Gasteiger partial charge in [0.1, 0.15) is 0 Å². The number of Topliss-reactive ketones (excluding diaryl/α,β-unsaturated/α-hetero) is 1. The summed E-state index contributed by atoms with van der Waals surface area (Å²) in [6, 6.07) is 23.3. The van der Waals surface area contributed by atoms with E-state index in [2.05, 4.69) is 0 Å². The Kier molecular flexibility index (Phi) is 6.26. The standard InChI is InChI=1S/C35H30N2O5/c1-19-7-9-22(10-8-19)32(38)20(2)42-35(41)27-18-29(36-28-6-4-3-5-26(27)28)21-13-15-25(16-14-21)37-33(39)30-23-11-12-24(17-23)31(30)34(37)40/h3-10,13-16,18,20,23-24,30-31H,11-12,17H2,1-2H3/t20-,23-,24+,30-,31-/m0/s1. The fraction of sp³-hybridized carbons (Fsp3) is 0.286. The molecule has 0 spiro atoms. The molecule has 2 amide bonds. The van der Waals surface area contributed by atoms with Crippen molar-refractivity contribution in [3.8, 4) is 11.3 Å². The van der Waals surface area contributed by atoms with Crippen molar-refractivity contribution >= 4 is 40.2 Å². The molecule has 0 N–H and O–H groups in total. The molecule has 2 aliphatic carbocycles. The molecule has 7 rings (SSSR count). The predicted octanol–water partition coefficient (Wildman–Crippen LogP) is 6.17. The Morgan fingerprint density at radius 1 is 0.881 bits per heavy atom.